The lowest BCUT2D eigenvalue weighted by atomic mass is 10.2. The summed E-state index contributed by atoms with van der Waals surface area (Å²) in [5.41, 5.74) is 0.978. The van der Waals surface area contributed by atoms with Crippen LogP contribution >= 0.6 is 22.9 Å². The highest BCUT2D eigenvalue weighted by Gasteiger charge is 2.06. The van der Waals surface area contributed by atoms with Crippen molar-refractivity contribution in [3.63, 3.8) is 0 Å². The highest BCUT2D eigenvalue weighted by Crippen LogP contribution is 2.27. The van der Waals surface area contributed by atoms with E-state index in [1.165, 1.54) is 11.3 Å². The number of nitrogens with one attached hydrogen (secondary N) is 1. The van der Waals surface area contributed by atoms with Crippen molar-refractivity contribution in [2.24, 2.45) is 0 Å². The van der Waals surface area contributed by atoms with Crippen LogP contribution in [0.25, 0.3) is 0 Å². The maximum absolute atomic E-state index is 5.96. The van der Waals surface area contributed by atoms with E-state index in [4.69, 9.17) is 16.3 Å². The van der Waals surface area contributed by atoms with Crippen molar-refractivity contribution in [2.75, 3.05) is 6.54 Å². The molecule has 0 aliphatic rings. The summed E-state index contributed by atoms with van der Waals surface area (Å²) in [5, 5.41) is 13.4. The van der Waals surface area contributed by atoms with Gasteiger partial charge in [-0.1, -0.05) is 35.0 Å². The Morgan fingerprint density at radius 3 is 2.94 bits per heavy atom. The molecular formula is C12H14ClN3OS. The van der Waals surface area contributed by atoms with E-state index in [0.717, 1.165) is 34.4 Å². The maximum atomic E-state index is 5.96. The zero-order chi connectivity index (χ0) is 13.0. The van der Waals surface area contributed by atoms with E-state index < -0.39 is 0 Å². The average Bonchev–Trinajstić information content (AvgIpc) is 2.79. The molecule has 0 saturated carbocycles. The van der Waals surface area contributed by atoms with Gasteiger partial charge >= 0.3 is 0 Å². The monoisotopic (exact) mass is 283 g/mol. The molecule has 0 saturated heterocycles. The summed E-state index contributed by atoms with van der Waals surface area (Å²) in [7, 11) is 0. The normalized spacial score (nSPS) is 10.6. The average molecular weight is 284 g/mol. The summed E-state index contributed by atoms with van der Waals surface area (Å²) < 4.78 is 5.63. The molecule has 1 aromatic heterocycles. The van der Waals surface area contributed by atoms with Gasteiger partial charge in [0.2, 0.25) is 0 Å². The van der Waals surface area contributed by atoms with Crippen LogP contribution in [-0.2, 0) is 6.54 Å². The van der Waals surface area contributed by atoms with E-state index in [0.29, 0.717) is 5.19 Å². The predicted molar refractivity (Wildman–Crippen MR) is 73.6 cm³/mol. The van der Waals surface area contributed by atoms with Gasteiger partial charge in [0, 0.05) is 11.6 Å². The zero-order valence-corrected chi connectivity index (χ0v) is 11.8. The minimum absolute atomic E-state index is 0.546. The van der Waals surface area contributed by atoms with E-state index >= 15 is 0 Å². The van der Waals surface area contributed by atoms with Crippen molar-refractivity contribution in [3.8, 4) is 10.9 Å². The molecule has 1 aromatic carbocycles. The lowest BCUT2D eigenvalue weighted by molar-refractivity contribution is 0.472. The van der Waals surface area contributed by atoms with Crippen LogP contribution in [0.15, 0.2) is 18.2 Å². The SMILES string of the molecule is CCNCc1nnc(Oc2ccc(Cl)c(C)c2)s1. The van der Waals surface area contributed by atoms with Gasteiger partial charge in [-0.05, 0) is 37.2 Å². The third-order valence-electron chi connectivity index (χ3n) is 2.31. The summed E-state index contributed by atoms with van der Waals surface area (Å²) in [4.78, 5) is 0. The highest BCUT2D eigenvalue weighted by atomic mass is 35.5. The molecule has 0 spiro atoms. The van der Waals surface area contributed by atoms with Crippen molar-refractivity contribution in [2.45, 2.75) is 20.4 Å². The summed E-state index contributed by atoms with van der Waals surface area (Å²) in [5.74, 6) is 0.725. The van der Waals surface area contributed by atoms with E-state index in [9.17, 15) is 0 Å². The van der Waals surface area contributed by atoms with Crippen LogP contribution in [-0.4, -0.2) is 16.7 Å². The molecule has 4 nitrogen and oxygen atoms in total. The van der Waals surface area contributed by atoms with Crippen LogP contribution in [0.1, 0.15) is 17.5 Å². The second-order valence-electron chi connectivity index (χ2n) is 3.76. The summed E-state index contributed by atoms with van der Waals surface area (Å²) in [6.45, 7) is 5.62. The second kappa shape index (κ2) is 6.13. The fraction of sp³-hybridized carbons (Fsp3) is 0.333. The first-order valence-electron chi connectivity index (χ1n) is 5.66. The molecule has 18 heavy (non-hydrogen) atoms. The van der Waals surface area contributed by atoms with Crippen molar-refractivity contribution in [1.82, 2.24) is 15.5 Å². The molecule has 0 bridgehead atoms. The first kappa shape index (κ1) is 13.3. The molecule has 96 valence electrons. The first-order chi connectivity index (χ1) is 8.69. The van der Waals surface area contributed by atoms with Gasteiger partial charge in [0.15, 0.2) is 0 Å². The van der Waals surface area contributed by atoms with Gasteiger partial charge in [0.05, 0.1) is 0 Å². The molecule has 0 atom stereocenters. The molecule has 0 amide bonds. The Hall–Kier alpha value is -1.17. The first-order valence-corrected chi connectivity index (χ1v) is 6.85. The topological polar surface area (TPSA) is 47.0 Å². The number of hydrogen-bond acceptors (Lipinski definition) is 5. The molecule has 0 radical (unpaired) electrons. The smallest absolute Gasteiger partial charge is 0.299 e. The quantitative estimate of drug-likeness (QED) is 0.913. The Morgan fingerprint density at radius 1 is 1.39 bits per heavy atom. The number of nitrogens with zero attached hydrogens (tertiary/aromatic N) is 2. The minimum atomic E-state index is 0.546. The Balaban J connectivity index is 2.04. The summed E-state index contributed by atoms with van der Waals surface area (Å²) in [6, 6.07) is 5.52. The molecule has 0 fully saturated rings. The standard InChI is InChI=1S/C12H14ClN3OS/c1-3-14-7-11-15-16-12(18-11)17-9-4-5-10(13)8(2)6-9/h4-6,14H,3,7H2,1-2H3. The number of halogens is 1. The molecule has 0 aliphatic heterocycles. The van der Waals surface area contributed by atoms with E-state index in [1.54, 1.807) is 0 Å². The van der Waals surface area contributed by atoms with Gasteiger partial charge in [0.25, 0.3) is 5.19 Å². The van der Waals surface area contributed by atoms with Crippen LogP contribution in [0.5, 0.6) is 10.9 Å². The van der Waals surface area contributed by atoms with E-state index in [-0.39, 0.29) is 0 Å². The summed E-state index contributed by atoms with van der Waals surface area (Å²) in [6.07, 6.45) is 0. The van der Waals surface area contributed by atoms with Gasteiger partial charge in [0.1, 0.15) is 10.8 Å². The minimum Gasteiger partial charge on any atom is -0.430 e. The molecule has 6 heteroatoms. The number of hydrogen-bond donors (Lipinski definition) is 1. The van der Waals surface area contributed by atoms with Crippen molar-refractivity contribution < 1.29 is 4.74 Å². The van der Waals surface area contributed by atoms with Gasteiger partial charge in [-0.25, -0.2) is 0 Å². The second-order valence-corrected chi connectivity index (χ2v) is 5.19. The third-order valence-corrected chi connectivity index (χ3v) is 3.53. The number of aromatic nitrogens is 2. The molecule has 0 unspecified atom stereocenters. The van der Waals surface area contributed by atoms with Crippen LogP contribution in [0, 0.1) is 6.92 Å². The highest BCUT2D eigenvalue weighted by molar-refractivity contribution is 7.13. The fourth-order valence-corrected chi connectivity index (χ4v) is 2.16. The van der Waals surface area contributed by atoms with Crippen molar-refractivity contribution >= 4 is 22.9 Å². The zero-order valence-electron chi connectivity index (χ0n) is 10.2. The molecular weight excluding hydrogens is 270 g/mol. The van der Waals surface area contributed by atoms with Crippen LogP contribution in [0.3, 0.4) is 0 Å². The van der Waals surface area contributed by atoms with Gasteiger partial charge in [-0.2, -0.15) is 0 Å². The lowest BCUT2D eigenvalue weighted by Gasteiger charge is -2.03. The van der Waals surface area contributed by atoms with Crippen molar-refractivity contribution in [3.05, 3.63) is 33.8 Å². The van der Waals surface area contributed by atoms with Gasteiger partial charge in [-0.3, -0.25) is 0 Å². The van der Waals surface area contributed by atoms with E-state index in [1.807, 2.05) is 25.1 Å². The molecule has 2 aromatic rings. The van der Waals surface area contributed by atoms with Crippen LogP contribution in [0.4, 0.5) is 0 Å². The number of aryl methyl sites for hydroxylation is 1. The Morgan fingerprint density at radius 2 is 2.22 bits per heavy atom. The number of benzene rings is 1. The van der Waals surface area contributed by atoms with Gasteiger partial charge < -0.3 is 10.1 Å². The van der Waals surface area contributed by atoms with Gasteiger partial charge in [-0.15, -0.1) is 5.10 Å². The fourth-order valence-electron chi connectivity index (χ4n) is 1.36. The number of rotatable bonds is 5. The third kappa shape index (κ3) is 3.41. The predicted octanol–water partition coefficient (Wildman–Crippen LogP) is 3.40. The Kier molecular flexibility index (Phi) is 4.52. The largest absolute Gasteiger partial charge is 0.430 e. The molecule has 1 N–H and O–H groups in total. The molecule has 1 heterocycles. The lowest BCUT2D eigenvalue weighted by Crippen LogP contribution is -2.11. The van der Waals surface area contributed by atoms with Crippen LogP contribution < -0.4 is 10.1 Å². The molecule has 2 rings (SSSR count). The summed E-state index contributed by atoms with van der Waals surface area (Å²) >= 11 is 7.39. The Labute approximate surface area is 115 Å². The number of ether oxygens (including phenoxy) is 1. The Bertz CT molecular complexity index is 530. The van der Waals surface area contributed by atoms with Crippen LogP contribution in [0.2, 0.25) is 5.02 Å². The maximum Gasteiger partial charge on any atom is 0.299 e. The van der Waals surface area contributed by atoms with Crippen molar-refractivity contribution in [1.29, 1.82) is 0 Å². The van der Waals surface area contributed by atoms with E-state index in [2.05, 4.69) is 22.4 Å². The molecule has 0 aliphatic carbocycles.